The lowest BCUT2D eigenvalue weighted by Gasteiger charge is -2.09. The normalized spacial score (nSPS) is 11.6. The van der Waals surface area contributed by atoms with Gasteiger partial charge in [-0.3, -0.25) is 9.40 Å². The summed E-state index contributed by atoms with van der Waals surface area (Å²) in [5.41, 5.74) is 1.43. The first-order valence-corrected chi connectivity index (χ1v) is 8.14. The maximum Gasteiger partial charge on any atom is 0.263 e. The number of hydrogen-bond donors (Lipinski definition) is 2. The Morgan fingerprint density at radius 1 is 1.40 bits per heavy atom. The van der Waals surface area contributed by atoms with Gasteiger partial charge in [0.15, 0.2) is 0 Å². The molecule has 0 aliphatic rings. The number of aryl methyl sites for hydroxylation is 1. The molecule has 8 heteroatoms. The maximum atomic E-state index is 12.3. The molecule has 0 bridgehead atoms. The summed E-state index contributed by atoms with van der Waals surface area (Å²) in [4.78, 5) is 0.196. The van der Waals surface area contributed by atoms with Gasteiger partial charge in [-0.1, -0.05) is 6.07 Å². The van der Waals surface area contributed by atoms with Crippen LogP contribution in [0.2, 0.25) is 0 Å². The van der Waals surface area contributed by atoms with Crippen LogP contribution < -0.4 is 10.0 Å². The van der Waals surface area contributed by atoms with Crippen molar-refractivity contribution < 1.29 is 8.42 Å². The average molecular weight is 359 g/mol. The van der Waals surface area contributed by atoms with Gasteiger partial charge < -0.3 is 5.32 Å². The summed E-state index contributed by atoms with van der Waals surface area (Å²) < 4.78 is 29.2. The van der Waals surface area contributed by atoms with Gasteiger partial charge in [0.25, 0.3) is 10.0 Å². The zero-order chi connectivity index (χ0) is 14.8. The number of rotatable bonds is 5. The first-order chi connectivity index (χ1) is 9.42. The molecule has 0 unspecified atom stereocenters. The van der Waals surface area contributed by atoms with Crippen LogP contribution in [0.4, 0.5) is 5.69 Å². The Balaban J connectivity index is 2.29. The molecule has 0 radical (unpaired) electrons. The highest BCUT2D eigenvalue weighted by molar-refractivity contribution is 9.10. The van der Waals surface area contributed by atoms with E-state index in [0.29, 0.717) is 16.7 Å². The van der Waals surface area contributed by atoms with E-state index in [1.807, 2.05) is 7.05 Å². The fraction of sp³-hybridized carbons (Fsp3) is 0.250. The second kappa shape index (κ2) is 5.94. The zero-order valence-corrected chi connectivity index (χ0v) is 13.5. The molecule has 0 amide bonds. The molecule has 0 saturated heterocycles. The van der Waals surface area contributed by atoms with Gasteiger partial charge in [0, 0.05) is 24.3 Å². The number of hydrogen-bond acceptors (Lipinski definition) is 4. The van der Waals surface area contributed by atoms with Crippen molar-refractivity contribution in [2.75, 3.05) is 11.8 Å². The molecule has 0 aliphatic heterocycles. The van der Waals surface area contributed by atoms with Crippen LogP contribution >= 0.6 is 15.9 Å². The quantitative estimate of drug-likeness (QED) is 0.852. The van der Waals surface area contributed by atoms with E-state index in [-0.39, 0.29) is 4.90 Å². The van der Waals surface area contributed by atoms with Crippen LogP contribution in [-0.2, 0) is 23.6 Å². The molecule has 2 rings (SSSR count). The van der Waals surface area contributed by atoms with Crippen LogP contribution in [0, 0.1) is 0 Å². The first-order valence-electron chi connectivity index (χ1n) is 5.87. The van der Waals surface area contributed by atoms with Crippen LogP contribution in [-0.4, -0.2) is 25.2 Å². The second-order valence-electron chi connectivity index (χ2n) is 4.30. The Morgan fingerprint density at radius 3 is 2.70 bits per heavy atom. The Labute approximate surface area is 126 Å². The van der Waals surface area contributed by atoms with Crippen molar-refractivity contribution in [1.82, 2.24) is 15.1 Å². The van der Waals surface area contributed by atoms with E-state index < -0.39 is 10.0 Å². The van der Waals surface area contributed by atoms with Gasteiger partial charge in [-0.25, -0.2) is 8.42 Å². The van der Waals surface area contributed by atoms with Gasteiger partial charge in [0.1, 0.15) is 4.90 Å². The third-order valence-electron chi connectivity index (χ3n) is 2.62. The minimum atomic E-state index is -3.63. The molecular weight excluding hydrogens is 344 g/mol. The van der Waals surface area contributed by atoms with Crippen LogP contribution in [0.15, 0.2) is 40.0 Å². The molecule has 1 aromatic carbocycles. The van der Waals surface area contributed by atoms with Crippen LogP contribution in [0.25, 0.3) is 0 Å². The molecule has 1 heterocycles. The van der Waals surface area contributed by atoms with E-state index in [1.165, 1.54) is 10.9 Å². The standard InChI is InChI=1S/C12H15BrN4O2S/c1-14-6-9-3-4-12(11(13)5-9)20(18,19)16-10-7-15-17(2)8-10/h3-5,7-8,14,16H,6H2,1-2H3. The molecule has 20 heavy (non-hydrogen) atoms. The van der Waals surface area contributed by atoms with Crippen molar-refractivity contribution >= 4 is 31.6 Å². The Morgan fingerprint density at radius 2 is 2.15 bits per heavy atom. The Kier molecular flexibility index (Phi) is 4.46. The SMILES string of the molecule is CNCc1ccc(S(=O)(=O)Nc2cnn(C)c2)c(Br)c1. The Bertz CT molecular complexity index is 712. The van der Waals surface area contributed by atoms with Gasteiger partial charge in [0.2, 0.25) is 0 Å². The number of nitrogens with zero attached hydrogens (tertiary/aromatic N) is 2. The Hall–Kier alpha value is -1.38. The maximum absolute atomic E-state index is 12.3. The highest BCUT2D eigenvalue weighted by Crippen LogP contribution is 2.25. The van der Waals surface area contributed by atoms with Crippen molar-refractivity contribution in [3.63, 3.8) is 0 Å². The summed E-state index contributed by atoms with van der Waals surface area (Å²) in [5.74, 6) is 0. The predicted molar refractivity (Wildman–Crippen MR) is 80.9 cm³/mol. The monoisotopic (exact) mass is 358 g/mol. The lowest BCUT2D eigenvalue weighted by Crippen LogP contribution is -2.14. The molecule has 108 valence electrons. The highest BCUT2D eigenvalue weighted by atomic mass is 79.9. The van der Waals surface area contributed by atoms with Gasteiger partial charge in [-0.15, -0.1) is 0 Å². The molecule has 2 N–H and O–H groups in total. The predicted octanol–water partition coefficient (Wildman–Crippen LogP) is 1.70. The van der Waals surface area contributed by atoms with E-state index in [1.54, 1.807) is 31.4 Å². The van der Waals surface area contributed by atoms with Crippen LogP contribution in [0.1, 0.15) is 5.56 Å². The lowest BCUT2D eigenvalue weighted by atomic mass is 10.2. The molecule has 1 aromatic heterocycles. The summed E-state index contributed by atoms with van der Waals surface area (Å²) in [5, 5.41) is 6.94. The molecule has 2 aromatic rings. The second-order valence-corrected chi connectivity index (χ2v) is 6.81. The van der Waals surface area contributed by atoms with E-state index in [2.05, 4.69) is 31.1 Å². The van der Waals surface area contributed by atoms with E-state index >= 15 is 0 Å². The minimum Gasteiger partial charge on any atom is -0.316 e. The summed E-state index contributed by atoms with van der Waals surface area (Å²) in [6, 6.07) is 5.14. The molecule has 0 fully saturated rings. The molecule has 0 saturated carbocycles. The molecular formula is C12H15BrN4O2S. The van der Waals surface area contributed by atoms with E-state index in [4.69, 9.17) is 0 Å². The van der Waals surface area contributed by atoms with Gasteiger partial charge in [-0.2, -0.15) is 5.10 Å². The van der Waals surface area contributed by atoms with Crippen molar-refractivity contribution in [2.24, 2.45) is 7.05 Å². The largest absolute Gasteiger partial charge is 0.316 e. The van der Waals surface area contributed by atoms with Gasteiger partial charge in [-0.05, 0) is 40.7 Å². The molecule has 6 nitrogen and oxygen atoms in total. The van der Waals surface area contributed by atoms with Crippen molar-refractivity contribution in [1.29, 1.82) is 0 Å². The summed E-state index contributed by atoms with van der Waals surface area (Å²) in [7, 11) is -0.0747. The van der Waals surface area contributed by atoms with Gasteiger partial charge in [0.05, 0.1) is 11.9 Å². The fourth-order valence-electron chi connectivity index (χ4n) is 1.76. The number of nitrogens with one attached hydrogen (secondary N) is 2. The summed E-state index contributed by atoms with van der Waals surface area (Å²) in [6.45, 7) is 0.676. The third-order valence-corrected chi connectivity index (χ3v) is 4.98. The summed E-state index contributed by atoms with van der Waals surface area (Å²) in [6.07, 6.45) is 3.06. The van der Waals surface area contributed by atoms with Gasteiger partial charge >= 0.3 is 0 Å². The average Bonchev–Trinajstić information content (AvgIpc) is 2.74. The smallest absolute Gasteiger partial charge is 0.263 e. The number of sulfonamides is 1. The number of aromatic nitrogens is 2. The molecule has 0 aliphatic carbocycles. The van der Waals surface area contributed by atoms with Crippen LogP contribution in [0.3, 0.4) is 0 Å². The van der Waals surface area contributed by atoms with Crippen molar-refractivity contribution in [3.05, 3.63) is 40.6 Å². The highest BCUT2D eigenvalue weighted by Gasteiger charge is 2.18. The van der Waals surface area contributed by atoms with Crippen LogP contribution in [0.5, 0.6) is 0 Å². The molecule has 0 spiro atoms. The first kappa shape index (κ1) is 15.0. The minimum absolute atomic E-state index is 0.196. The number of anilines is 1. The van der Waals surface area contributed by atoms with E-state index in [9.17, 15) is 8.42 Å². The number of benzene rings is 1. The number of halogens is 1. The van der Waals surface area contributed by atoms with Crippen molar-refractivity contribution in [3.8, 4) is 0 Å². The third kappa shape index (κ3) is 3.38. The lowest BCUT2D eigenvalue weighted by molar-refractivity contribution is 0.600. The zero-order valence-electron chi connectivity index (χ0n) is 11.1. The topological polar surface area (TPSA) is 76.0 Å². The van der Waals surface area contributed by atoms with E-state index in [0.717, 1.165) is 5.56 Å². The molecule has 0 atom stereocenters. The fourth-order valence-corrected chi connectivity index (χ4v) is 3.91. The van der Waals surface area contributed by atoms with Crippen molar-refractivity contribution in [2.45, 2.75) is 11.4 Å². The summed E-state index contributed by atoms with van der Waals surface area (Å²) >= 11 is 3.30.